The van der Waals surface area contributed by atoms with Crippen LogP contribution in [0.4, 0.5) is 0 Å². The Morgan fingerprint density at radius 1 is 0.861 bits per heavy atom. The van der Waals surface area contributed by atoms with Crippen LogP contribution in [0.1, 0.15) is 51.9 Å². The molecule has 1 heterocycles. The molecule has 0 unspecified atom stereocenters. The van der Waals surface area contributed by atoms with E-state index in [9.17, 15) is 14.4 Å². The number of carbonyl (C=O) groups excluding carboxylic acids is 1. The number of carboxylic acid groups (broad SMARTS) is 2. The number of benzene rings is 2. The minimum absolute atomic E-state index is 0.0225. The van der Waals surface area contributed by atoms with Gasteiger partial charge in [0.25, 0.3) is 0 Å². The highest BCUT2D eigenvalue weighted by Gasteiger charge is 2.13. The molecule has 0 atom stereocenters. The lowest BCUT2D eigenvalue weighted by molar-refractivity contribution is -0.134. The van der Waals surface area contributed by atoms with E-state index in [1.165, 1.54) is 32.4 Å². The fourth-order valence-corrected chi connectivity index (χ4v) is 3.96. The maximum atomic E-state index is 12.6. The van der Waals surface area contributed by atoms with E-state index in [2.05, 4.69) is 17.9 Å². The largest absolute Gasteiger partial charge is 0.492 e. The van der Waals surface area contributed by atoms with E-state index < -0.39 is 11.9 Å². The molecule has 36 heavy (non-hydrogen) atoms. The van der Waals surface area contributed by atoms with Gasteiger partial charge in [-0.05, 0) is 87.2 Å². The van der Waals surface area contributed by atoms with Gasteiger partial charge >= 0.3 is 11.9 Å². The maximum Gasteiger partial charge on any atom is 0.328 e. The number of ketones is 1. The van der Waals surface area contributed by atoms with Crippen molar-refractivity contribution in [3.8, 4) is 5.75 Å². The Bertz CT molecular complexity index is 1070. The zero-order valence-electron chi connectivity index (χ0n) is 21.2. The highest BCUT2D eigenvalue weighted by molar-refractivity contribution is 6.07. The standard InChI is InChI=1S/C25H31NO2.C4H4O4/c1-19-9-5-6-10-22(19)11-12-24(27)23-17-20(2)25(21(3)18-23)28-16-15-26-13-7-4-8-14-26;5-3(6)1-2-4(7)8/h5-6,9-12,17-18H,4,7-8,13-16H2,1-3H3;1-2H,(H,5,6)(H,7,8). The number of aryl methyl sites for hydroxylation is 3. The first-order valence-electron chi connectivity index (χ1n) is 12.1. The quantitative estimate of drug-likeness (QED) is 0.371. The van der Waals surface area contributed by atoms with E-state index in [4.69, 9.17) is 14.9 Å². The summed E-state index contributed by atoms with van der Waals surface area (Å²) in [5.74, 6) is -1.58. The number of rotatable bonds is 9. The van der Waals surface area contributed by atoms with Gasteiger partial charge in [0, 0.05) is 24.3 Å². The predicted molar refractivity (Wildman–Crippen MR) is 141 cm³/mol. The van der Waals surface area contributed by atoms with Gasteiger partial charge in [0.05, 0.1) is 0 Å². The lowest BCUT2D eigenvalue weighted by Gasteiger charge is -2.26. The van der Waals surface area contributed by atoms with Gasteiger partial charge in [-0.2, -0.15) is 0 Å². The number of carboxylic acids is 2. The van der Waals surface area contributed by atoms with E-state index in [1.807, 2.05) is 50.3 Å². The molecule has 1 fully saturated rings. The lowest BCUT2D eigenvalue weighted by atomic mass is 10.0. The molecule has 7 heteroatoms. The topological polar surface area (TPSA) is 104 Å². The van der Waals surface area contributed by atoms with Crippen LogP contribution in [0.25, 0.3) is 6.08 Å². The molecule has 0 amide bonds. The molecule has 1 aliphatic rings. The minimum atomic E-state index is -1.26. The molecule has 2 aromatic rings. The SMILES string of the molecule is Cc1ccccc1C=CC(=O)c1cc(C)c(OCCN2CCCCC2)c(C)c1.O=C(O)C=CC(=O)O. The number of hydrogen-bond acceptors (Lipinski definition) is 5. The van der Waals surface area contributed by atoms with Gasteiger partial charge in [-0.25, -0.2) is 9.59 Å². The lowest BCUT2D eigenvalue weighted by Crippen LogP contribution is -2.33. The van der Waals surface area contributed by atoms with Crippen LogP contribution in [-0.2, 0) is 9.59 Å². The zero-order chi connectivity index (χ0) is 26.5. The van der Waals surface area contributed by atoms with E-state index in [0.29, 0.717) is 24.3 Å². The normalized spacial score (nSPS) is 13.9. The maximum absolute atomic E-state index is 12.6. The molecule has 0 spiro atoms. The fraction of sp³-hybridized carbons (Fsp3) is 0.345. The molecule has 3 rings (SSSR count). The van der Waals surface area contributed by atoms with E-state index >= 15 is 0 Å². The van der Waals surface area contributed by atoms with E-state index in [0.717, 1.165) is 34.5 Å². The Balaban J connectivity index is 0.000000493. The molecule has 2 N–H and O–H groups in total. The molecule has 0 radical (unpaired) electrons. The van der Waals surface area contributed by atoms with E-state index in [-0.39, 0.29) is 5.78 Å². The Morgan fingerprint density at radius 2 is 1.44 bits per heavy atom. The van der Waals surface area contributed by atoms with Gasteiger partial charge in [0.15, 0.2) is 5.78 Å². The number of carbonyl (C=O) groups is 3. The summed E-state index contributed by atoms with van der Waals surface area (Å²) in [4.78, 5) is 34.2. The third kappa shape index (κ3) is 9.88. The van der Waals surface area contributed by atoms with Crippen LogP contribution in [0.15, 0.2) is 54.6 Å². The molecule has 7 nitrogen and oxygen atoms in total. The summed E-state index contributed by atoms with van der Waals surface area (Å²) in [6, 6.07) is 11.9. The summed E-state index contributed by atoms with van der Waals surface area (Å²) in [6.07, 6.45) is 8.61. The van der Waals surface area contributed by atoms with Crippen molar-refractivity contribution >= 4 is 23.8 Å². The molecule has 0 aliphatic carbocycles. The van der Waals surface area contributed by atoms with Crippen molar-refractivity contribution in [3.05, 3.63) is 82.4 Å². The average molecular weight is 494 g/mol. The van der Waals surface area contributed by atoms with Crippen LogP contribution in [0, 0.1) is 20.8 Å². The first-order valence-corrected chi connectivity index (χ1v) is 12.1. The van der Waals surface area contributed by atoms with Crippen LogP contribution < -0.4 is 4.74 Å². The van der Waals surface area contributed by atoms with Crippen molar-refractivity contribution in [2.24, 2.45) is 0 Å². The van der Waals surface area contributed by atoms with Crippen molar-refractivity contribution in [1.82, 2.24) is 4.90 Å². The monoisotopic (exact) mass is 493 g/mol. The predicted octanol–water partition coefficient (Wildman–Crippen LogP) is 5.08. The summed E-state index contributed by atoms with van der Waals surface area (Å²) < 4.78 is 6.08. The molecule has 0 aromatic heterocycles. The third-order valence-electron chi connectivity index (χ3n) is 5.82. The van der Waals surface area contributed by atoms with Crippen molar-refractivity contribution in [1.29, 1.82) is 0 Å². The van der Waals surface area contributed by atoms with E-state index in [1.54, 1.807) is 6.08 Å². The highest BCUT2D eigenvalue weighted by atomic mass is 16.5. The van der Waals surface area contributed by atoms with Crippen molar-refractivity contribution < 1.29 is 29.3 Å². The first-order chi connectivity index (χ1) is 17.2. The number of aliphatic carboxylic acids is 2. The Hall–Kier alpha value is -3.71. The summed E-state index contributed by atoms with van der Waals surface area (Å²) in [7, 11) is 0. The summed E-state index contributed by atoms with van der Waals surface area (Å²) in [5, 5.41) is 15.6. The van der Waals surface area contributed by atoms with Crippen molar-refractivity contribution in [2.75, 3.05) is 26.2 Å². The molecule has 2 aromatic carbocycles. The number of nitrogens with zero attached hydrogens (tertiary/aromatic N) is 1. The second-order valence-corrected chi connectivity index (χ2v) is 8.75. The van der Waals surface area contributed by atoms with Gasteiger partial charge in [0.2, 0.25) is 0 Å². The van der Waals surface area contributed by atoms with Crippen LogP contribution in [0.5, 0.6) is 5.75 Å². The number of hydrogen-bond donors (Lipinski definition) is 2. The molecular weight excluding hydrogens is 458 g/mol. The number of piperidine rings is 1. The zero-order valence-corrected chi connectivity index (χ0v) is 21.2. The number of likely N-dealkylation sites (tertiary alicyclic amines) is 1. The first kappa shape index (κ1) is 28.5. The molecule has 0 bridgehead atoms. The molecule has 0 saturated carbocycles. The van der Waals surface area contributed by atoms with Gasteiger partial charge in [-0.1, -0.05) is 36.8 Å². The Labute approximate surface area is 212 Å². The molecule has 1 saturated heterocycles. The number of allylic oxidation sites excluding steroid dienone is 1. The van der Waals surface area contributed by atoms with Gasteiger partial charge in [-0.15, -0.1) is 0 Å². The molecule has 1 aliphatic heterocycles. The fourth-order valence-electron chi connectivity index (χ4n) is 3.96. The smallest absolute Gasteiger partial charge is 0.328 e. The summed E-state index contributed by atoms with van der Waals surface area (Å²) in [6.45, 7) is 10.1. The van der Waals surface area contributed by atoms with Gasteiger partial charge in [-0.3, -0.25) is 9.69 Å². The Kier molecular flexibility index (Phi) is 11.6. The minimum Gasteiger partial charge on any atom is -0.492 e. The molecular formula is C29H35NO6. The van der Waals surface area contributed by atoms with Gasteiger partial charge < -0.3 is 14.9 Å². The summed E-state index contributed by atoms with van der Waals surface area (Å²) in [5.41, 5.74) is 4.99. The average Bonchev–Trinajstić information content (AvgIpc) is 2.84. The van der Waals surface area contributed by atoms with Crippen LogP contribution in [0.3, 0.4) is 0 Å². The second-order valence-electron chi connectivity index (χ2n) is 8.75. The highest BCUT2D eigenvalue weighted by Crippen LogP contribution is 2.25. The number of ether oxygens (including phenoxy) is 1. The second kappa shape index (κ2) is 14.6. The van der Waals surface area contributed by atoms with Crippen LogP contribution in [0.2, 0.25) is 0 Å². The van der Waals surface area contributed by atoms with Crippen LogP contribution in [-0.4, -0.2) is 59.1 Å². The van der Waals surface area contributed by atoms with Crippen molar-refractivity contribution in [2.45, 2.75) is 40.0 Å². The van der Waals surface area contributed by atoms with Gasteiger partial charge in [0.1, 0.15) is 12.4 Å². The Morgan fingerprint density at radius 3 is 2.00 bits per heavy atom. The molecule has 192 valence electrons. The van der Waals surface area contributed by atoms with Crippen LogP contribution >= 0.6 is 0 Å². The third-order valence-corrected chi connectivity index (χ3v) is 5.82. The van der Waals surface area contributed by atoms with Crippen molar-refractivity contribution in [3.63, 3.8) is 0 Å². The summed E-state index contributed by atoms with van der Waals surface area (Å²) >= 11 is 0.